The zero-order valence-corrected chi connectivity index (χ0v) is 24.6. The standard InChI is InChI=1S/C29H29F3N2O2.CH5NS.CH2O2/c1-18-33-25-15-23(10-12-26(25)34(18)2)21-8-6-20(7-9-21)22-5-3-4-19(14-22)17-36-28-13-11-24(16-27(28)35)29(30,31)32;1-2-3;2-1-3/h6-13,15-16,19,22,35H,3-5,14,17H2,1-2H3;2-3H,1H3;1H,(H,2,3). The van der Waals surface area contributed by atoms with Gasteiger partial charge in [0.25, 0.3) is 6.47 Å². The van der Waals surface area contributed by atoms with Crippen molar-refractivity contribution in [1.29, 1.82) is 0 Å². The highest BCUT2D eigenvalue weighted by atomic mass is 32.1. The van der Waals surface area contributed by atoms with E-state index in [-0.39, 0.29) is 18.1 Å². The molecule has 0 radical (unpaired) electrons. The van der Waals surface area contributed by atoms with E-state index in [4.69, 9.17) is 14.6 Å². The van der Waals surface area contributed by atoms with E-state index in [9.17, 15) is 18.3 Å². The lowest BCUT2D eigenvalue weighted by atomic mass is 9.78. The van der Waals surface area contributed by atoms with E-state index in [0.717, 1.165) is 59.7 Å². The van der Waals surface area contributed by atoms with Crippen molar-refractivity contribution in [2.45, 2.75) is 44.7 Å². The zero-order chi connectivity index (χ0) is 30.9. The van der Waals surface area contributed by atoms with Crippen LogP contribution < -0.4 is 9.46 Å². The van der Waals surface area contributed by atoms with Crippen molar-refractivity contribution in [2.24, 2.45) is 13.0 Å². The molecule has 1 aliphatic carbocycles. The molecule has 226 valence electrons. The lowest BCUT2D eigenvalue weighted by Crippen LogP contribution is -2.20. The van der Waals surface area contributed by atoms with E-state index in [1.165, 1.54) is 11.6 Å². The summed E-state index contributed by atoms with van der Waals surface area (Å²) in [4.78, 5) is 13.0. The van der Waals surface area contributed by atoms with Gasteiger partial charge in [0.2, 0.25) is 0 Å². The third-order valence-electron chi connectivity index (χ3n) is 7.36. The van der Waals surface area contributed by atoms with E-state index in [2.05, 4.69) is 69.6 Å². The normalized spacial score (nSPS) is 16.5. The number of rotatable bonds is 5. The maximum absolute atomic E-state index is 12.8. The van der Waals surface area contributed by atoms with Gasteiger partial charge in [-0.15, -0.1) is 0 Å². The Labute approximate surface area is 248 Å². The molecule has 1 aromatic heterocycles. The summed E-state index contributed by atoms with van der Waals surface area (Å²) in [7, 11) is 3.76. The van der Waals surface area contributed by atoms with Crippen molar-refractivity contribution < 1.29 is 32.9 Å². The van der Waals surface area contributed by atoms with Crippen LogP contribution in [0.3, 0.4) is 0 Å². The molecule has 1 heterocycles. The number of hydrogen-bond donors (Lipinski definition) is 4. The number of imidazole rings is 1. The number of phenolic OH excluding ortho intramolecular Hbond substituents is 1. The first kappa shape index (κ1) is 32.8. The fourth-order valence-electron chi connectivity index (χ4n) is 5.22. The topological polar surface area (TPSA) is 96.6 Å². The van der Waals surface area contributed by atoms with Gasteiger partial charge in [-0.1, -0.05) is 49.6 Å². The molecule has 1 fully saturated rings. The average molecular weight is 604 g/mol. The van der Waals surface area contributed by atoms with Crippen LogP contribution in [0.25, 0.3) is 22.2 Å². The molecule has 0 saturated heterocycles. The second-order valence-corrected chi connectivity index (χ2v) is 10.5. The lowest BCUT2D eigenvalue weighted by Gasteiger charge is -2.29. The van der Waals surface area contributed by atoms with Crippen LogP contribution in [0.5, 0.6) is 11.5 Å². The predicted octanol–water partition coefficient (Wildman–Crippen LogP) is 7.38. The lowest BCUT2D eigenvalue weighted by molar-refractivity contribution is -0.137. The summed E-state index contributed by atoms with van der Waals surface area (Å²) in [6, 6.07) is 17.9. The summed E-state index contributed by atoms with van der Waals surface area (Å²) in [6.07, 6.45) is -0.387. The molecule has 3 N–H and O–H groups in total. The minimum absolute atomic E-state index is 0.0922. The Balaban J connectivity index is 0.000000745. The van der Waals surface area contributed by atoms with Gasteiger partial charge < -0.3 is 19.5 Å². The van der Waals surface area contributed by atoms with Crippen molar-refractivity contribution in [3.8, 4) is 22.6 Å². The van der Waals surface area contributed by atoms with Crippen LogP contribution in [0.1, 0.15) is 48.6 Å². The number of nitrogens with one attached hydrogen (secondary N) is 1. The molecule has 7 nitrogen and oxygen atoms in total. The van der Waals surface area contributed by atoms with Crippen LogP contribution in [0.4, 0.5) is 13.2 Å². The summed E-state index contributed by atoms with van der Waals surface area (Å²) < 4.78 is 48.7. The van der Waals surface area contributed by atoms with Crippen LogP contribution in [-0.2, 0) is 18.0 Å². The Morgan fingerprint density at radius 3 is 2.36 bits per heavy atom. The summed E-state index contributed by atoms with van der Waals surface area (Å²) >= 11 is 3.54. The minimum atomic E-state index is -4.49. The number of benzene rings is 3. The van der Waals surface area contributed by atoms with Gasteiger partial charge in [0.15, 0.2) is 11.5 Å². The van der Waals surface area contributed by atoms with E-state index in [0.29, 0.717) is 18.6 Å². The van der Waals surface area contributed by atoms with E-state index < -0.39 is 17.5 Å². The molecular formula is C31H36F3N3O4S. The second-order valence-electron chi connectivity index (χ2n) is 10.1. The molecule has 5 rings (SSSR count). The number of phenols is 1. The summed E-state index contributed by atoms with van der Waals surface area (Å²) in [5.74, 6) is 1.28. The predicted molar refractivity (Wildman–Crippen MR) is 161 cm³/mol. The largest absolute Gasteiger partial charge is 0.504 e. The van der Waals surface area contributed by atoms with Gasteiger partial charge in [0, 0.05) is 7.05 Å². The van der Waals surface area contributed by atoms with Crippen LogP contribution in [0, 0.1) is 12.8 Å². The molecular weight excluding hydrogens is 567 g/mol. The van der Waals surface area contributed by atoms with E-state index in [1.807, 2.05) is 14.0 Å². The molecule has 0 bridgehead atoms. The molecule has 0 spiro atoms. The van der Waals surface area contributed by atoms with Crippen molar-refractivity contribution >= 4 is 30.3 Å². The highest BCUT2D eigenvalue weighted by Gasteiger charge is 2.31. The molecule has 11 heteroatoms. The SMILES string of the molecule is CNS.Cc1nc2cc(-c3ccc(C4CCCC(COc5ccc(C(F)(F)F)cc5O)C4)cc3)ccc2n1C.O=CO. The van der Waals surface area contributed by atoms with Gasteiger partial charge in [-0.3, -0.25) is 9.52 Å². The smallest absolute Gasteiger partial charge is 0.416 e. The number of halogens is 3. The Morgan fingerprint density at radius 2 is 1.74 bits per heavy atom. The van der Waals surface area contributed by atoms with Crippen molar-refractivity contribution in [2.75, 3.05) is 13.7 Å². The van der Waals surface area contributed by atoms with Gasteiger partial charge >= 0.3 is 6.18 Å². The van der Waals surface area contributed by atoms with Gasteiger partial charge in [-0.2, -0.15) is 13.2 Å². The number of aromatic hydroxyl groups is 1. The zero-order valence-electron chi connectivity index (χ0n) is 23.7. The number of alkyl halides is 3. The van der Waals surface area contributed by atoms with Crippen LogP contribution in [-0.4, -0.2) is 39.9 Å². The molecule has 0 aliphatic heterocycles. The summed E-state index contributed by atoms with van der Waals surface area (Å²) in [5, 5.41) is 16.9. The Bertz CT molecular complexity index is 1460. The highest BCUT2D eigenvalue weighted by molar-refractivity contribution is 7.78. The third-order valence-corrected chi connectivity index (χ3v) is 7.36. The average Bonchev–Trinajstić information content (AvgIpc) is 3.25. The number of thiol groups is 1. The molecule has 42 heavy (non-hydrogen) atoms. The van der Waals surface area contributed by atoms with Crippen LogP contribution in [0.2, 0.25) is 0 Å². The highest BCUT2D eigenvalue weighted by Crippen LogP contribution is 2.39. The fourth-order valence-corrected chi connectivity index (χ4v) is 5.22. The Hall–Kier alpha value is -3.70. The third kappa shape index (κ3) is 8.42. The first-order chi connectivity index (χ1) is 20.0. The van der Waals surface area contributed by atoms with E-state index >= 15 is 0 Å². The maximum atomic E-state index is 12.8. The number of carbonyl (C=O) groups is 1. The number of nitrogens with zero attached hydrogens (tertiary/aromatic N) is 2. The minimum Gasteiger partial charge on any atom is -0.504 e. The monoisotopic (exact) mass is 603 g/mol. The quantitative estimate of drug-likeness (QED) is 0.140. The Kier molecular flexibility index (Phi) is 11.7. The Morgan fingerprint density at radius 1 is 1.10 bits per heavy atom. The molecule has 1 saturated carbocycles. The van der Waals surface area contributed by atoms with Gasteiger partial charge in [-0.05, 0) is 92.1 Å². The molecule has 0 amide bonds. The number of ether oxygens (including phenoxy) is 1. The summed E-state index contributed by atoms with van der Waals surface area (Å²) in [6.45, 7) is 2.13. The maximum Gasteiger partial charge on any atom is 0.416 e. The van der Waals surface area contributed by atoms with Gasteiger partial charge in [0.1, 0.15) is 5.82 Å². The van der Waals surface area contributed by atoms with E-state index in [1.54, 1.807) is 7.05 Å². The van der Waals surface area contributed by atoms with Gasteiger partial charge in [0.05, 0.1) is 23.2 Å². The molecule has 2 atom stereocenters. The second kappa shape index (κ2) is 15.0. The fraction of sp³-hybridized carbons (Fsp3) is 0.355. The van der Waals surface area contributed by atoms with Crippen LogP contribution in [0.15, 0.2) is 60.7 Å². The molecule has 4 aromatic rings. The molecule has 2 unspecified atom stereocenters. The number of aryl methyl sites for hydroxylation is 2. The van der Waals surface area contributed by atoms with Gasteiger partial charge in [-0.25, -0.2) is 4.98 Å². The van der Waals surface area contributed by atoms with Crippen molar-refractivity contribution in [3.63, 3.8) is 0 Å². The number of carboxylic acid groups (broad SMARTS) is 1. The van der Waals surface area contributed by atoms with Crippen LogP contribution >= 0.6 is 12.8 Å². The first-order valence-electron chi connectivity index (χ1n) is 13.5. The number of aromatic nitrogens is 2. The van der Waals surface area contributed by atoms with Crippen molar-refractivity contribution in [1.82, 2.24) is 14.3 Å². The van der Waals surface area contributed by atoms with Crippen molar-refractivity contribution in [3.05, 3.63) is 77.6 Å². The number of fused-ring (bicyclic) bond motifs is 1. The number of hydrogen-bond acceptors (Lipinski definition) is 6. The summed E-state index contributed by atoms with van der Waals surface area (Å²) in [5.41, 5.74) is 4.80. The molecule has 3 aromatic carbocycles. The molecule has 1 aliphatic rings. The first-order valence-corrected chi connectivity index (χ1v) is 13.9.